The van der Waals surface area contributed by atoms with E-state index >= 15 is 0 Å². The number of pyridine rings is 1. The Labute approximate surface area is 107 Å². The third kappa shape index (κ3) is 1.32. The van der Waals surface area contributed by atoms with Gasteiger partial charge in [0.05, 0.1) is 0 Å². The summed E-state index contributed by atoms with van der Waals surface area (Å²) >= 11 is 1.50. The minimum absolute atomic E-state index is 0.0277. The van der Waals surface area contributed by atoms with Crippen molar-refractivity contribution < 1.29 is 5.11 Å². The fourth-order valence-electron chi connectivity index (χ4n) is 2.54. The van der Waals surface area contributed by atoms with Gasteiger partial charge in [-0.05, 0) is 47.9 Å². The summed E-state index contributed by atoms with van der Waals surface area (Å²) in [5.74, 6) is 0.842. The Morgan fingerprint density at radius 2 is 2.17 bits per heavy atom. The van der Waals surface area contributed by atoms with E-state index < -0.39 is 0 Å². The SMILES string of the molecule is O=c1[nH]c2ccc(O)cc2c2c(C3CC3)csc12. The first kappa shape index (κ1) is 10.1. The van der Waals surface area contributed by atoms with Gasteiger partial charge in [-0.3, -0.25) is 4.79 Å². The molecule has 2 aromatic heterocycles. The minimum atomic E-state index is -0.0277. The van der Waals surface area contributed by atoms with E-state index in [1.54, 1.807) is 18.2 Å². The lowest BCUT2D eigenvalue weighted by molar-refractivity contribution is 0.476. The van der Waals surface area contributed by atoms with Crippen molar-refractivity contribution in [3.63, 3.8) is 0 Å². The van der Waals surface area contributed by atoms with Gasteiger partial charge in [0.2, 0.25) is 0 Å². The van der Waals surface area contributed by atoms with E-state index in [0.29, 0.717) is 5.92 Å². The maximum atomic E-state index is 12.0. The number of nitrogens with one attached hydrogen (secondary N) is 1. The quantitative estimate of drug-likeness (QED) is 0.702. The zero-order valence-corrected chi connectivity index (χ0v) is 10.4. The van der Waals surface area contributed by atoms with Crippen LogP contribution >= 0.6 is 11.3 Å². The Morgan fingerprint density at radius 3 is 2.94 bits per heavy atom. The number of H-pyrrole nitrogens is 1. The zero-order valence-electron chi connectivity index (χ0n) is 9.56. The van der Waals surface area contributed by atoms with Gasteiger partial charge in [0.15, 0.2) is 0 Å². The summed E-state index contributed by atoms with van der Waals surface area (Å²) in [5, 5.41) is 13.7. The van der Waals surface area contributed by atoms with E-state index in [9.17, 15) is 9.90 Å². The minimum Gasteiger partial charge on any atom is -0.508 e. The lowest BCUT2D eigenvalue weighted by atomic mass is 10.0. The molecule has 1 aliphatic carbocycles. The van der Waals surface area contributed by atoms with Gasteiger partial charge in [-0.1, -0.05) is 0 Å². The molecule has 1 fully saturated rings. The number of fused-ring (bicyclic) bond motifs is 3. The van der Waals surface area contributed by atoms with Gasteiger partial charge in [-0.25, -0.2) is 0 Å². The Morgan fingerprint density at radius 1 is 1.33 bits per heavy atom. The number of rotatable bonds is 1. The highest BCUT2D eigenvalue weighted by Crippen LogP contribution is 2.46. The van der Waals surface area contributed by atoms with Gasteiger partial charge in [-0.15, -0.1) is 11.3 Å². The molecule has 4 heteroatoms. The van der Waals surface area contributed by atoms with Crippen LogP contribution in [0.5, 0.6) is 5.75 Å². The van der Waals surface area contributed by atoms with Crippen molar-refractivity contribution >= 4 is 32.3 Å². The van der Waals surface area contributed by atoms with E-state index in [0.717, 1.165) is 21.0 Å². The molecule has 2 heterocycles. The number of thiophene rings is 1. The van der Waals surface area contributed by atoms with Crippen LogP contribution in [0.3, 0.4) is 0 Å². The maximum absolute atomic E-state index is 12.0. The highest BCUT2D eigenvalue weighted by atomic mass is 32.1. The molecular weight excluding hydrogens is 246 g/mol. The first-order valence-corrected chi connectivity index (χ1v) is 6.88. The van der Waals surface area contributed by atoms with Crippen LogP contribution in [0.1, 0.15) is 24.3 Å². The van der Waals surface area contributed by atoms with Gasteiger partial charge < -0.3 is 10.1 Å². The van der Waals surface area contributed by atoms with Crippen molar-refractivity contribution in [3.8, 4) is 5.75 Å². The van der Waals surface area contributed by atoms with Gasteiger partial charge in [0.1, 0.15) is 10.4 Å². The second-order valence-electron chi connectivity index (χ2n) is 4.85. The Kier molecular flexibility index (Phi) is 1.89. The smallest absolute Gasteiger partial charge is 0.266 e. The molecule has 18 heavy (non-hydrogen) atoms. The summed E-state index contributed by atoms with van der Waals surface area (Å²) in [4.78, 5) is 14.9. The summed E-state index contributed by atoms with van der Waals surface area (Å²) in [6, 6.07) is 5.11. The van der Waals surface area contributed by atoms with Crippen LogP contribution in [0.4, 0.5) is 0 Å². The molecule has 0 atom stereocenters. The summed E-state index contributed by atoms with van der Waals surface area (Å²) in [6.45, 7) is 0. The third-order valence-electron chi connectivity index (χ3n) is 3.56. The maximum Gasteiger partial charge on any atom is 0.266 e. The molecule has 1 aromatic carbocycles. The van der Waals surface area contributed by atoms with Crippen molar-refractivity contribution in [2.24, 2.45) is 0 Å². The van der Waals surface area contributed by atoms with Gasteiger partial charge in [0.25, 0.3) is 5.56 Å². The molecule has 0 saturated heterocycles. The number of hydrogen-bond donors (Lipinski definition) is 2. The second kappa shape index (κ2) is 3.36. The molecule has 0 unspecified atom stereocenters. The number of aromatic amines is 1. The van der Waals surface area contributed by atoms with Crippen molar-refractivity contribution in [2.75, 3.05) is 0 Å². The van der Waals surface area contributed by atoms with Crippen molar-refractivity contribution in [3.05, 3.63) is 39.5 Å². The van der Waals surface area contributed by atoms with Gasteiger partial charge >= 0.3 is 0 Å². The standard InChI is InChI=1S/C14H11NO2S/c16-8-3-4-11-9(5-8)12-10(7-1-2-7)6-18-13(12)14(17)15-11/h3-7,16H,1-2H2,(H,15,17). The van der Waals surface area contributed by atoms with E-state index in [1.807, 2.05) is 0 Å². The average Bonchev–Trinajstić information content (AvgIpc) is 3.09. The van der Waals surface area contributed by atoms with Crippen molar-refractivity contribution in [1.29, 1.82) is 0 Å². The summed E-state index contributed by atoms with van der Waals surface area (Å²) in [5.41, 5.74) is 2.04. The van der Waals surface area contributed by atoms with Crippen LogP contribution in [0.25, 0.3) is 21.0 Å². The number of hydrogen-bond acceptors (Lipinski definition) is 3. The van der Waals surface area contributed by atoms with Crippen LogP contribution < -0.4 is 5.56 Å². The molecule has 90 valence electrons. The Balaban J connectivity index is 2.25. The fourth-order valence-corrected chi connectivity index (χ4v) is 3.60. The number of phenolic OH excluding ortho intramolecular Hbond substituents is 1. The molecule has 0 amide bonds. The normalized spacial score (nSPS) is 15.6. The summed E-state index contributed by atoms with van der Waals surface area (Å²) in [6.07, 6.45) is 2.41. The van der Waals surface area contributed by atoms with Gasteiger partial charge in [0, 0.05) is 16.3 Å². The number of benzene rings is 1. The molecule has 0 bridgehead atoms. The Bertz CT molecular complexity index is 827. The van der Waals surface area contributed by atoms with Crippen LogP contribution in [0.2, 0.25) is 0 Å². The van der Waals surface area contributed by atoms with Crippen LogP contribution in [0, 0.1) is 0 Å². The molecule has 0 aliphatic heterocycles. The first-order chi connectivity index (χ1) is 8.74. The zero-order chi connectivity index (χ0) is 12.3. The predicted molar refractivity (Wildman–Crippen MR) is 73.6 cm³/mol. The Hall–Kier alpha value is -1.81. The number of aromatic hydroxyl groups is 1. The van der Waals surface area contributed by atoms with E-state index in [-0.39, 0.29) is 11.3 Å². The average molecular weight is 257 g/mol. The van der Waals surface area contributed by atoms with Crippen molar-refractivity contribution in [1.82, 2.24) is 4.98 Å². The summed E-state index contributed by atoms with van der Waals surface area (Å²) < 4.78 is 0.773. The van der Waals surface area contributed by atoms with Crippen molar-refractivity contribution in [2.45, 2.75) is 18.8 Å². The number of aromatic nitrogens is 1. The van der Waals surface area contributed by atoms with E-state index in [4.69, 9.17) is 0 Å². The molecule has 3 nitrogen and oxygen atoms in total. The monoisotopic (exact) mass is 257 g/mol. The van der Waals surface area contributed by atoms with E-state index in [1.165, 1.54) is 29.7 Å². The van der Waals surface area contributed by atoms with Crippen LogP contribution in [0.15, 0.2) is 28.4 Å². The molecule has 4 rings (SSSR count). The third-order valence-corrected chi connectivity index (χ3v) is 4.56. The van der Waals surface area contributed by atoms with E-state index in [2.05, 4.69) is 10.4 Å². The van der Waals surface area contributed by atoms with Gasteiger partial charge in [-0.2, -0.15) is 0 Å². The number of phenols is 1. The largest absolute Gasteiger partial charge is 0.508 e. The molecule has 0 radical (unpaired) electrons. The molecule has 2 N–H and O–H groups in total. The second-order valence-corrected chi connectivity index (χ2v) is 5.73. The predicted octanol–water partition coefficient (Wildman–Crippen LogP) is 3.33. The lowest BCUT2D eigenvalue weighted by Crippen LogP contribution is -2.04. The highest BCUT2D eigenvalue weighted by Gasteiger charge is 2.27. The molecule has 0 spiro atoms. The summed E-state index contributed by atoms with van der Waals surface area (Å²) in [7, 11) is 0. The molecule has 1 aliphatic rings. The topological polar surface area (TPSA) is 53.1 Å². The van der Waals surface area contributed by atoms with Crippen LogP contribution in [-0.2, 0) is 0 Å². The molecular formula is C14H11NO2S. The first-order valence-electron chi connectivity index (χ1n) is 6.00. The fraction of sp³-hybridized carbons (Fsp3) is 0.214. The highest BCUT2D eigenvalue weighted by molar-refractivity contribution is 7.17. The van der Waals surface area contributed by atoms with Crippen LogP contribution in [-0.4, -0.2) is 10.1 Å². The lowest BCUT2D eigenvalue weighted by Gasteiger charge is -2.03. The molecule has 3 aromatic rings. The molecule has 1 saturated carbocycles.